The number of aryl methyl sites for hydroxylation is 1. The topological polar surface area (TPSA) is 73.9 Å². The van der Waals surface area contributed by atoms with E-state index in [1.165, 1.54) is 0 Å². The second-order valence-electron chi connectivity index (χ2n) is 6.56. The summed E-state index contributed by atoms with van der Waals surface area (Å²) in [4.78, 5) is 19.4. The van der Waals surface area contributed by atoms with E-state index >= 15 is 0 Å². The molecule has 1 aromatic heterocycles. The third-order valence-electron chi connectivity index (χ3n) is 4.76. The van der Waals surface area contributed by atoms with Crippen LogP contribution in [0.4, 0.5) is 0 Å². The van der Waals surface area contributed by atoms with Crippen LogP contribution in [0.25, 0.3) is 11.4 Å². The van der Waals surface area contributed by atoms with Crippen molar-refractivity contribution >= 4 is 17.5 Å². The maximum Gasteiger partial charge on any atom is 0.254 e. The minimum atomic E-state index is -0.0877. The van der Waals surface area contributed by atoms with Crippen LogP contribution in [0.2, 0.25) is 5.02 Å². The molecule has 6 nitrogen and oxygen atoms in total. The quantitative estimate of drug-likeness (QED) is 0.730. The minimum Gasteiger partial charge on any atom is -0.329 e. The lowest BCUT2D eigenvalue weighted by Gasteiger charge is -2.37. The van der Waals surface area contributed by atoms with E-state index in [0.29, 0.717) is 29.5 Å². The Labute approximate surface area is 162 Å². The van der Waals surface area contributed by atoms with Crippen molar-refractivity contribution in [1.82, 2.24) is 25.4 Å². The molecule has 2 heterocycles. The molecule has 2 N–H and O–H groups in total. The summed E-state index contributed by atoms with van der Waals surface area (Å²) in [5.41, 5.74) is 2.48. The number of benzene rings is 2. The minimum absolute atomic E-state index is 0.000799. The smallest absolute Gasteiger partial charge is 0.254 e. The molecule has 27 heavy (non-hydrogen) atoms. The van der Waals surface area contributed by atoms with Crippen LogP contribution in [0.3, 0.4) is 0 Å². The molecule has 7 heteroatoms. The Morgan fingerprint density at radius 3 is 2.67 bits per heavy atom. The summed E-state index contributed by atoms with van der Waals surface area (Å²) in [7, 11) is 0. The molecular weight excluding hydrogens is 362 g/mol. The Hall–Kier alpha value is -2.70. The SMILES string of the molecule is Cc1nc(-c2ccc(C(=O)N3CCNCC3c3ccccc3Cl)cc2)n[nH]1. The van der Waals surface area contributed by atoms with E-state index in [2.05, 4.69) is 20.5 Å². The maximum absolute atomic E-state index is 13.2. The number of nitrogens with zero attached hydrogens (tertiary/aromatic N) is 3. The van der Waals surface area contributed by atoms with Crippen LogP contribution < -0.4 is 5.32 Å². The number of amides is 1. The molecular formula is C20H20ClN5O. The molecule has 1 unspecified atom stereocenters. The molecule has 0 aliphatic carbocycles. The summed E-state index contributed by atoms with van der Waals surface area (Å²) in [6, 6.07) is 15.0. The van der Waals surface area contributed by atoms with E-state index in [1.807, 2.05) is 60.4 Å². The summed E-state index contributed by atoms with van der Waals surface area (Å²) in [6.07, 6.45) is 0. The first-order valence-electron chi connectivity index (χ1n) is 8.89. The van der Waals surface area contributed by atoms with Crippen molar-refractivity contribution in [1.29, 1.82) is 0 Å². The predicted molar refractivity (Wildman–Crippen MR) is 105 cm³/mol. The molecule has 4 rings (SSSR count). The van der Waals surface area contributed by atoms with Gasteiger partial charge in [0.05, 0.1) is 6.04 Å². The van der Waals surface area contributed by atoms with Crippen LogP contribution >= 0.6 is 11.6 Å². The van der Waals surface area contributed by atoms with Crippen LogP contribution in [0.1, 0.15) is 27.8 Å². The number of carbonyl (C=O) groups is 1. The molecule has 0 radical (unpaired) electrons. The molecule has 1 aliphatic heterocycles. The molecule has 1 saturated heterocycles. The van der Waals surface area contributed by atoms with Gasteiger partial charge in [-0.15, -0.1) is 0 Å². The Balaban J connectivity index is 1.59. The predicted octanol–water partition coefficient (Wildman–Crippen LogP) is 3.22. The highest BCUT2D eigenvalue weighted by molar-refractivity contribution is 6.31. The monoisotopic (exact) mass is 381 g/mol. The molecule has 0 bridgehead atoms. The van der Waals surface area contributed by atoms with Crippen molar-refractivity contribution in [3.63, 3.8) is 0 Å². The third kappa shape index (κ3) is 3.59. The van der Waals surface area contributed by atoms with E-state index < -0.39 is 0 Å². The van der Waals surface area contributed by atoms with E-state index in [-0.39, 0.29) is 11.9 Å². The summed E-state index contributed by atoms with van der Waals surface area (Å²) in [6.45, 7) is 3.94. The van der Waals surface area contributed by atoms with Gasteiger partial charge in [-0.1, -0.05) is 41.9 Å². The molecule has 1 fully saturated rings. The van der Waals surface area contributed by atoms with Crippen LogP contribution in [0.5, 0.6) is 0 Å². The highest BCUT2D eigenvalue weighted by Gasteiger charge is 2.29. The van der Waals surface area contributed by atoms with E-state index in [1.54, 1.807) is 0 Å². The number of hydrogen-bond donors (Lipinski definition) is 2. The zero-order valence-electron chi connectivity index (χ0n) is 14.9. The van der Waals surface area contributed by atoms with Gasteiger partial charge in [0, 0.05) is 35.8 Å². The average Bonchev–Trinajstić information content (AvgIpc) is 3.14. The Morgan fingerprint density at radius 2 is 1.96 bits per heavy atom. The Kier molecular flexibility index (Phi) is 4.92. The first-order valence-corrected chi connectivity index (χ1v) is 9.27. The molecule has 1 aliphatic rings. The van der Waals surface area contributed by atoms with Gasteiger partial charge in [0.25, 0.3) is 5.91 Å². The zero-order valence-corrected chi connectivity index (χ0v) is 15.7. The van der Waals surface area contributed by atoms with Crippen molar-refractivity contribution in [2.24, 2.45) is 0 Å². The van der Waals surface area contributed by atoms with Gasteiger partial charge in [-0.25, -0.2) is 4.98 Å². The normalized spacial score (nSPS) is 17.1. The number of rotatable bonds is 3. The molecule has 1 atom stereocenters. The highest BCUT2D eigenvalue weighted by atomic mass is 35.5. The van der Waals surface area contributed by atoms with Gasteiger partial charge in [-0.3, -0.25) is 9.89 Å². The van der Waals surface area contributed by atoms with Gasteiger partial charge in [0.2, 0.25) is 0 Å². The number of nitrogens with one attached hydrogen (secondary N) is 2. The van der Waals surface area contributed by atoms with Crippen LogP contribution in [-0.4, -0.2) is 45.6 Å². The Bertz CT molecular complexity index is 953. The number of carbonyl (C=O) groups excluding carboxylic acids is 1. The molecule has 3 aromatic rings. The Morgan fingerprint density at radius 1 is 1.19 bits per heavy atom. The van der Waals surface area contributed by atoms with Crippen molar-refractivity contribution in [2.45, 2.75) is 13.0 Å². The fourth-order valence-corrected chi connectivity index (χ4v) is 3.63. The number of halogens is 1. The summed E-state index contributed by atoms with van der Waals surface area (Å²) in [5.74, 6) is 1.38. The van der Waals surface area contributed by atoms with Crippen LogP contribution in [0.15, 0.2) is 48.5 Å². The number of piperazine rings is 1. The van der Waals surface area contributed by atoms with Gasteiger partial charge in [0.1, 0.15) is 5.82 Å². The van der Waals surface area contributed by atoms with Gasteiger partial charge < -0.3 is 10.2 Å². The first kappa shape index (κ1) is 17.7. The van der Waals surface area contributed by atoms with Crippen LogP contribution in [-0.2, 0) is 0 Å². The largest absolute Gasteiger partial charge is 0.329 e. The first-order chi connectivity index (χ1) is 13.1. The fraction of sp³-hybridized carbons (Fsp3) is 0.250. The van der Waals surface area contributed by atoms with Gasteiger partial charge in [-0.05, 0) is 30.7 Å². The van der Waals surface area contributed by atoms with Gasteiger partial charge in [-0.2, -0.15) is 5.10 Å². The highest BCUT2D eigenvalue weighted by Crippen LogP contribution is 2.29. The summed E-state index contributed by atoms with van der Waals surface area (Å²) < 4.78 is 0. The number of aromatic amines is 1. The lowest BCUT2D eigenvalue weighted by atomic mass is 10.0. The van der Waals surface area contributed by atoms with Crippen LogP contribution in [0, 0.1) is 6.92 Å². The lowest BCUT2D eigenvalue weighted by molar-refractivity contribution is 0.0634. The van der Waals surface area contributed by atoms with E-state index in [9.17, 15) is 4.79 Å². The van der Waals surface area contributed by atoms with E-state index in [0.717, 1.165) is 23.5 Å². The molecule has 0 spiro atoms. The van der Waals surface area contributed by atoms with Crippen molar-refractivity contribution in [2.75, 3.05) is 19.6 Å². The van der Waals surface area contributed by atoms with Gasteiger partial charge in [0.15, 0.2) is 5.82 Å². The molecule has 2 aromatic carbocycles. The second kappa shape index (κ2) is 7.50. The van der Waals surface area contributed by atoms with Crippen molar-refractivity contribution in [3.05, 3.63) is 70.5 Å². The molecule has 138 valence electrons. The number of aromatic nitrogens is 3. The lowest BCUT2D eigenvalue weighted by Crippen LogP contribution is -2.48. The summed E-state index contributed by atoms with van der Waals surface area (Å²) in [5, 5.41) is 11.0. The van der Waals surface area contributed by atoms with E-state index in [4.69, 9.17) is 11.6 Å². The van der Waals surface area contributed by atoms with Crippen molar-refractivity contribution in [3.8, 4) is 11.4 Å². The fourth-order valence-electron chi connectivity index (χ4n) is 3.37. The van der Waals surface area contributed by atoms with Gasteiger partial charge >= 0.3 is 0 Å². The number of hydrogen-bond acceptors (Lipinski definition) is 4. The molecule has 0 saturated carbocycles. The second-order valence-corrected chi connectivity index (χ2v) is 6.97. The average molecular weight is 382 g/mol. The standard InChI is InChI=1S/C20H20ClN5O/c1-13-23-19(25-24-13)14-6-8-15(9-7-14)20(27)26-11-10-22-12-18(26)16-4-2-3-5-17(16)21/h2-9,18,22H,10-12H2,1H3,(H,23,24,25). The molecule has 1 amide bonds. The summed E-state index contributed by atoms with van der Waals surface area (Å²) >= 11 is 6.38. The van der Waals surface area contributed by atoms with Crippen molar-refractivity contribution < 1.29 is 4.79 Å². The zero-order chi connectivity index (χ0) is 18.8. The number of H-pyrrole nitrogens is 1. The maximum atomic E-state index is 13.2. The third-order valence-corrected chi connectivity index (χ3v) is 5.10.